The molecule has 0 radical (unpaired) electrons. The average molecular weight is 669 g/mol. The van der Waals surface area contributed by atoms with Crippen LogP contribution in [0.1, 0.15) is 168 Å². The number of ether oxygens (including phenoxy) is 2. The first kappa shape index (κ1) is 45.3. The minimum atomic E-state index is -0.986. The molecule has 0 bridgehead atoms. The van der Waals surface area contributed by atoms with Gasteiger partial charge in [-0.05, 0) is 83.5 Å². The largest absolute Gasteiger partial charge is 0.463 e. The lowest BCUT2D eigenvalue weighted by atomic mass is 10.1. The molecule has 0 aliphatic heterocycles. The first-order chi connectivity index (χ1) is 23.6. The third-order valence-corrected chi connectivity index (χ3v) is 7.93. The van der Waals surface area contributed by atoms with Crippen molar-refractivity contribution in [2.75, 3.05) is 13.2 Å². The predicted molar refractivity (Wildman–Crippen MR) is 205 cm³/mol. The van der Waals surface area contributed by atoms with Crippen LogP contribution >= 0.6 is 0 Å². The highest BCUT2D eigenvalue weighted by Crippen LogP contribution is 2.12. The number of rotatable bonds is 34. The van der Waals surface area contributed by atoms with Crippen molar-refractivity contribution in [3.8, 4) is 0 Å². The molecule has 0 aromatic heterocycles. The molecule has 274 valence electrons. The van der Waals surface area contributed by atoms with E-state index in [1.165, 1.54) is 70.6 Å². The number of carbonyl (C=O) groups is 2. The van der Waals surface area contributed by atoms with Crippen molar-refractivity contribution in [1.82, 2.24) is 0 Å². The van der Waals surface area contributed by atoms with E-state index in [4.69, 9.17) is 9.47 Å². The second-order valence-electron chi connectivity index (χ2n) is 12.7. The van der Waals surface area contributed by atoms with Crippen molar-refractivity contribution in [3.63, 3.8) is 0 Å². The van der Waals surface area contributed by atoms with E-state index in [0.29, 0.717) is 12.8 Å². The van der Waals surface area contributed by atoms with Crippen LogP contribution in [0, 0.1) is 0 Å². The summed E-state index contributed by atoms with van der Waals surface area (Å²) in [5.41, 5.74) is 0. The molecule has 5 nitrogen and oxygen atoms in total. The number of hydrogen-bond donors (Lipinski definition) is 1. The first-order valence-electron chi connectivity index (χ1n) is 19.5. The maximum absolute atomic E-state index is 12.0. The molecule has 0 aromatic carbocycles. The van der Waals surface area contributed by atoms with Gasteiger partial charge in [0.1, 0.15) is 19.3 Å². The van der Waals surface area contributed by atoms with Crippen molar-refractivity contribution in [3.05, 3.63) is 72.9 Å². The van der Waals surface area contributed by atoms with Gasteiger partial charge in [-0.2, -0.15) is 0 Å². The third kappa shape index (κ3) is 37.8. The Bertz CT molecular complexity index is 895. The van der Waals surface area contributed by atoms with E-state index in [1.54, 1.807) is 0 Å². The van der Waals surface area contributed by atoms with Gasteiger partial charge in [-0.1, -0.05) is 145 Å². The summed E-state index contributed by atoms with van der Waals surface area (Å²) in [5, 5.41) is 10.0. The Kier molecular flexibility index (Phi) is 36.6. The molecule has 0 spiro atoms. The van der Waals surface area contributed by atoms with Crippen LogP contribution in [0.3, 0.4) is 0 Å². The van der Waals surface area contributed by atoms with Gasteiger partial charge in [-0.15, -0.1) is 0 Å². The summed E-state index contributed by atoms with van der Waals surface area (Å²) >= 11 is 0. The Morgan fingerprint density at radius 2 is 0.792 bits per heavy atom. The summed E-state index contributed by atoms with van der Waals surface area (Å²) in [6.07, 6.45) is 51.0. The summed E-state index contributed by atoms with van der Waals surface area (Å²) in [4.78, 5) is 23.9. The molecule has 0 fully saturated rings. The van der Waals surface area contributed by atoms with Gasteiger partial charge in [0.15, 0.2) is 0 Å². The predicted octanol–water partition coefficient (Wildman–Crippen LogP) is 12.2. The van der Waals surface area contributed by atoms with Gasteiger partial charge in [0.2, 0.25) is 0 Å². The standard InChI is InChI=1S/C43H72O5/c1-3-5-7-9-11-13-15-17-19-20-21-22-24-26-28-30-32-34-36-38-43(46)48-40-41(44)39-47-42(45)37-35-33-31-29-27-25-23-18-16-14-12-10-8-6-4-2/h6,8,11-14,17-19,23,27,29,41,44H,3-5,7,9-10,15-16,20-22,24-26,28,30-40H2,1-2H3/b8-6-,13-11-,14-12-,19-17-,23-18-,29-27-/t41-/m0/s1. The summed E-state index contributed by atoms with van der Waals surface area (Å²) in [6, 6.07) is 0. The normalized spacial score (nSPS) is 13.0. The van der Waals surface area contributed by atoms with E-state index >= 15 is 0 Å². The molecule has 0 saturated heterocycles. The third-order valence-electron chi connectivity index (χ3n) is 7.93. The Morgan fingerprint density at radius 1 is 0.458 bits per heavy atom. The number of unbranched alkanes of at least 4 members (excludes halogenated alkanes) is 14. The zero-order valence-corrected chi connectivity index (χ0v) is 31.0. The maximum atomic E-state index is 12.0. The number of esters is 2. The van der Waals surface area contributed by atoms with Crippen LogP contribution < -0.4 is 0 Å². The van der Waals surface area contributed by atoms with Gasteiger partial charge in [0, 0.05) is 12.8 Å². The Hall–Kier alpha value is -2.66. The highest BCUT2D eigenvalue weighted by Gasteiger charge is 2.12. The smallest absolute Gasteiger partial charge is 0.305 e. The first-order valence-corrected chi connectivity index (χ1v) is 19.5. The number of hydrogen-bond acceptors (Lipinski definition) is 5. The minimum absolute atomic E-state index is 0.135. The van der Waals surface area contributed by atoms with E-state index in [0.717, 1.165) is 70.6 Å². The van der Waals surface area contributed by atoms with E-state index in [-0.39, 0.29) is 25.2 Å². The van der Waals surface area contributed by atoms with Crippen LogP contribution in [-0.2, 0) is 19.1 Å². The van der Waals surface area contributed by atoms with Crippen LogP contribution in [-0.4, -0.2) is 36.4 Å². The fourth-order valence-corrected chi connectivity index (χ4v) is 4.99. The van der Waals surface area contributed by atoms with E-state index in [2.05, 4.69) is 86.8 Å². The maximum Gasteiger partial charge on any atom is 0.305 e. The summed E-state index contributed by atoms with van der Waals surface area (Å²) in [5.74, 6) is -0.622. The zero-order chi connectivity index (χ0) is 35.0. The van der Waals surface area contributed by atoms with Gasteiger partial charge in [-0.3, -0.25) is 9.59 Å². The molecular weight excluding hydrogens is 596 g/mol. The molecule has 0 aliphatic rings. The average Bonchev–Trinajstić information content (AvgIpc) is 3.09. The number of aliphatic hydroxyl groups is 1. The van der Waals surface area contributed by atoms with Crippen molar-refractivity contribution < 1.29 is 24.2 Å². The van der Waals surface area contributed by atoms with Gasteiger partial charge in [-0.25, -0.2) is 0 Å². The molecule has 5 heteroatoms. The zero-order valence-electron chi connectivity index (χ0n) is 31.0. The molecule has 0 heterocycles. The summed E-state index contributed by atoms with van der Waals surface area (Å²) in [6.45, 7) is 4.11. The summed E-state index contributed by atoms with van der Waals surface area (Å²) in [7, 11) is 0. The molecule has 0 aliphatic carbocycles. The lowest BCUT2D eigenvalue weighted by Crippen LogP contribution is -2.25. The van der Waals surface area contributed by atoms with Crippen LogP contribution in [0.15, 0.2) is 72.9 Å². The Balaban J connectivity index is 3.52. The van der Waals surface area contributed by atoms with Crippen LogP contribution in [0.2, 0.25) is 0 Å². The fraction of sp³-hybridized carbons (Fsp3) is 0.674. The lowest BCUT2D eigenvalue weighted by Gasteiger charge is -2.12. The molecule has 0 aromatic rings. The van der Waals surface area contributed by atoms with Crippen molar-refractivity contribution in [2.24, 2.45) is 0 Å². The second-order valence-corrected chi connectivity index (χ2v) is 12.7. The molecule has 0 unspecified atom stereocenters. The van der Waals surface area contributed by atoms with Crippen LogP contribution in [0.4, 0.5) is 0 Å². The molecular formula is C43H72O5. The van der Waals surface area contributed by atoms with Gasteiger partial charge in [0.05, 0.1) is 0 Å². The molecule has 0 amide bonds. The highest BCUT2D eigenvalue weighted by molar-refractivity contribution is 5.69. The van der Waals surface area contributed by atoms with Gasteiger partial charge < -0.3 is 14.6 Å². The van der Waals surface area contributed by atoms with Crippen molar-refractivity contribution in [2.45, 2.75) is 174 Å². The Labute approximate surface area is 295 Å². The topological polar surface area (TPSA) is 72.8 Å². The molecule has 0 rings (SSSR count). The van der Waals surface area contributed by atoms with E-state index in [1.807, 2.05) is 0 Å². The Morgan fingerprint density at radius 3 is 1.23 bits per heavy atom. The SMILES string of the molecule is CC/C=C\C/C=C\C/C=C\C/C=C\CCCCC(=O)OC[C@H](O)COC(=O)CCCCCCCCCCC/C=C\C/C=C\CCCCC. The number of aliphatic hydroxyl groups excluding tert-OH is 1. The summed E-state index contributed by atoms with van der Waals surface area (Å²) < 4.78 is 10.3. The number of allylic oxidation sites excluding steroid dienone is 12. The molecule has 48 heavy (non-hydrogen) atoms. The van der Waals surface area contributed by atoms with Crippen LogP contribution in [0.5, 0.6) is 0 Å². The highest BCUT2D eigenvalue weighted by atomic mass is 16.6. The number of carbonyl (C=O) groups excluding carboxylic acids is 2. The fourth-order valence-electron chi connectivity index (χ4n) is 4.99. The molecule has 1 atom stereocenters. The van der Waals surface area contributed by atoms with Crippen molar-refractivity contribution >= 4 is 11.9 Å². The lowest BCUT2D eigenvalue weighted by molar-refractivity contribution is -0.152. The van der Waals surface area contributed by atoms with Gasteiger partial charge >= 0.3 is 11.9 Å². The van der Waals surface area contributed by atoms with E-state index in [9.17, 15) is 14.7 Å². The minimum Gasteiger partial charge on any atom is -0.463 e. The van der Waals surface area contributed by atoms with Crippen molar-refractivity contribution in [1.29, 1.82) is 0 Å². The quantitative estimate of drug-likeness (QED) is 0.0420. The van der Waals surface area contributed by atoms with Crippen LogP contribution in [0.25, 0.3) is 0 Å². The second kappa shape index (κ2) is 38.8. The molecule has 1 N–H and O–H groups in total. The van der Waals surface area contributed by atoms with E-state index < -0.39 is 6.10 Å². The monoisotopic (exact) mass is 669 g/mol. The molecule has 0 saturated carbocycles. The van der Waals surface area contributed by atoms with Gasteiger partial charge in [0.25, 0.3) is 0 Å².